The molecule has 0 saturated carbocycles. The molecule has 188 valence electrons. The number of nitrogens with zero attached hydrogens (tertiary/aromatic N) is 3. The number of aliphatic hydroxyl groups excluding tert-OH is 1. The SMILES string of the molecule is CN(C)c1ccc(C2/C(=C(\O)c3cccc([N+](=O)[O-])c3)C(=O)C(=O)N2Cc2ccc3c(c2)OCO3)cc1. The first-order valence-corrected chi connectivity index (χ1v) is 11.4. The maximum atomic E-state index is 13.3. The summed E-state index contributed by atoms with van der Waals surface area (Å²) in [6.07, 6.45) is 0. The summed E-state index contributed by atoms with van der Waals surface area (Å²) >= 11 is 0. The highest BCUT2D eigenvalue weighted by molar-refractivity contribution is 6.46. The first-order valence-electron chi connectivity index (χ1n) is 11.4. The molecule has 0 bridgehead atoms. The summed E-state index contributed by atoms with van der Waals surface area (Å²) in [6.45, 7) is 0.164. The Labute approximate surface area is 212 Å². The molecular formula is C27H23N3O7. The standard InChI is InChI=1S/C27H23N3O7/c1-28(2)19-9-7-17(8-10-19)24-23(25(31)18-4-3-5-20(13-18)30(34)35)26(32)27(33)29(24)14-16-6-11-21-22(12-16)37-15-36-21/h3-13,24,31H,14-15H2,1-2H3/b25-23+. The monoisotopic (exact) mass is 501 g/mol. The minimum Gasteiger partial charge on any atom is -0.507 e. The third-order valence-corrected chi connectivity index (χ3v) is 6.39. The molecule has 2 heterocycles. The van der Waals surface area contributed by atoms with Crippen LogP contribution in [0.25, 0.3) is 5.76 Å². The molecule has 0 aliphatic carbocycles. The molecule has 1 N–H and O–H groups in total. The van der Waals surface area contributed by atoms with E-state index in [1.54, 1.807) is 30.3 Å². The van der Waals surface area contributed by atoms with Crippen LogP contribution in [0.4, 0.5) is 11.4 Å². The second kappa shape index (κ2) is 9.30. The van der Waals surface area contributed by atoms with Crippen molar-refractivity contribution in [1.82, 2.24) is 4.90 Å². The number of anilines is 1. The molecule has 3 aromatic carbocycles. The van der Waals surface area contributed by atoms with Gasteiger partial charge >= 0.3 is 0 Å². The van der Waals surface area contributed by atoms with Crippen molar-refractivity contribution >= 4 is 28.8 Å². The Balaban J connectivity index is 1.62. The van der Waals surface area contributed by atoms with E-state index in [0.717, 1.165) is 5.69 Å². The maximum Gasteiger partial charge on any atom is 0.295 e. The number of carbonyl (C=O) groups excluding carboxylic acids is 2. The smallest absolute Gasteiger partial charge is 0.295 e. The number of nitro benzene ring substituents is 1. The predicted octanol–water partition coefficient (Wildman–Crippen LogP) is 4.01. The van der Waals surface area contributed by atoms with E-state index in [-0.39, 0.29) is 30.2 Å². The van der Waals surface area contributed by atoms with Crippen LogP contribution in [0.15, 0.2) is 72.3 Å². The molecule has 3 aromatic rings. The van der Waals surface area contributed by atoms with Crippen molar-refractivity contribution in [3.8, 4) is 11.5 Å². The fourth-order valence-electron chi connectivity index (χ4n) is 4.50. The van der Waals surface area contributed by atoms with Crippen molar-refractivity contribution in [3.63, 3.8) is 0 Å². The van der Waals surface area contributed by atoms with Crippen LogP contribution in [0.3, 0.4) is 0 Å². The van der Waals surface area contributed by atoms with Gasteiger partial charge in [0.2, 0.25) is 6.79 Å². The lowest BCUT2D eigenvalue weighted by molar-refractivity contribution is -0.384. The number of hydrogen-bond donors (Lipinski definition) is 1. The summed E-state index contributed by atoms with van der Waals surface area (Å²) in [4.78, 5) is 40.6. The van der Waals surface area contributed by atoms with Crippen LogP contribution in [0, 0.1) is 10.1 Å². The molecule has 0 aromatic heterocycles. The minimum atomic E-state index is -0.916. The number of amides is 1. The van der Waals surface area contributed by atoms with Crippen LogP contribution in [0.1, 0.15) is 22.7 Å². The van der Waals surface area contributed by atoms with Gasteiger partial charge in [0.05, 0.1) is 16.5 Å². The number of ether oxygens (including phenoxy) is 2. The average molecular weight is 501 g/mol. The van der Waals surface area contributed by atoms with E-state index >= 15 is 0 Å². The number of aliphatic hydroxyl groups is 1. The Morgan fingerprint density at radius 2 is 1.78 bits per heavy atom. The summed E-state index contributed by atoms with van der Waals surface area (Å²) in [7, 11) is 3.78. The number of hydrogen-bond acceptors (Lipinski definition) is 8. The summed E-state index contributed by atoms with van der Waals surface area (Å²) < 4.78 is 10.8. The molecule has 1 unspecified atom stereocenters. The van der Waals surface area contributed by atoms with Crippen molar-refractivity contribution in [1.29, 1.82) is 0 Å². The van der Waals surface area contributed by atoms with Crippen molar-refractivity contribution < 1.29 is 29.1 Å². The Bertz CT molecular complexity index is 1450. The molecule has 1 amide bonds. The van der Waals surface area contributed by atoms with E-state index in [4.69, 9.17) is 9.47 Å². The average Bonchev–Trinajstić information content (AvgIpc) is 3.46. The van der Waals surface area contributed by atoms with Gasteiger partial charge in [-0.05, 0) is 35.4 Å². The highest BCUT2D eigenvalue weighted by atomic mass is 16.7. The number of carbonyl (C=O) groups is 2. The number of Topliss-reactive ketones (excluding diaryl/α,β-unsaturated/α-hetero) is 1. The molecule has 10 heteroatoms. The number of nitro groups is 1. The zero-order valence-electron chi connectivity index (χ0n) is 20.1. The number of ketones is 1. The van der Waals surface area contributed by atoms with E-state index < -0.39 is 28.4 Å². The number of fused-ring (bicyclic) bond motifs is 1. The van der Waals surface area contributed by atoms with Gasteiger partial charge in [0.1, 0.15) is 5.76 Å². The van der Waals surface area contributed by atoms with Crippen LogP contribution < -0.4 is 14.4 Å². The summed E-state index contributed by atoms with van der Waals surface area (Å²) in [5.41, 5.74) is 1.92. The molecule has 10 nitrogen and oxygen atoms in total. The van der Waals surface area contributed by atoms with Crippen LogP contribution in [0.2, 0.25) is 0 Å². The predicted molar refractivity (Wildman–Crippen MR) is 134 cm³/mol. The highest BCUT2D eigenvalue weighted by Gasteiger charge is 2.46. The van der Waals surface area contributed by atoms with E-state index in [1.807, 2.05) is 31.1 Å². The highest BCUT2D eigenvalue weighted by Crippen LogP contribution is 2.42. The lowest BCUT2D eigenvalue weighted by atomic mass is 9.94. The molecule has 2 aliphatic rings. The van der Waals surface area contributed by atoms with Crippen LogP contribution in [-0.4, -0.2) is 47.5 Å². The zero-order valence-corrected chi connectivity index (χ0v) is 20.1. The van der Waals surface area contributed by atoms with Crippen molar-refractivity contribution in [2.24, 2.45) is 0 Å². The Kier molecular flexibility index (Phi) is 6.00. The maximum absolute atomic E-state index is 13.3. The van der Waals surface area contributed by atoms with E-state index in [1.165, 1.54) is 29.2 Å². The first kappa shape index (κ1) is 23.9. The largest absolute Gasteiger partial charge is 0.507 e. The van der Waals surface area contributed by atoms with E-state index in [2.05, 4.69) is 0 Å². The molecular weight excluding hydrogens is 478 g/mol. The number of likely N-dealkylation sites (tertiary alicyclic amines) is 1. The van der Waals surface area contributed by atoms with Gasteiger partial charge in [0.25, 0.3) is 17.4 Å². The van der Waals surface area contributed by atoms with Gasteiger partial charge in [0, 0.05) is 44.0 Å². The lowest BCUT2D eigenvalue weighted by Gasteiger charge is -2.26. The molecule has 37 heavy (non-hydrogen) atoms. The van der Waals surface area contributed by atoms with E-state index in [9.17, 15) is 24.8 Å². The first-order chi connectivity index (χ1) is 17.7. The number of rotatable bonds is 6. The van der Waals surface area contributed by atoms with Gasteiger partial charge in [0.15, 0.2) is 11.5 Å². The Morgan fingerprint density at radius 1 is 1.05 bits per heavy atom. The third-order valence-electron chi connectivity index (χ3n) is 6.39. The molecule has 0 spiro atoms. The summed E-state index contributed by atoms with van der Waals surface area (Å²) in [5.74, 6) is -1.00. The number of benzene rings is 3. The zero-order chi connectivity index (χ0) is 26.3. The summed E-state index contributed by atoms with van der Waals surface area (Å²) in [6, 6.07) is 17.0. The molecule has 2 aliphatic heterocycles. The molecule has 1 atom stereocenters. The minimum absolute atomic E-state index is 0.0625. The summed E-state index contributed by atoms with van der Waals surface area (Å²) in [5, 5.41) is 22.5. The molecule has 0 radical (unpaired) electrons. The van der Waals surface area contributed by atoms with Gasteiger partial charge in [-0.25, -0.2) is 0 Å². The fourth-order valence-corrected chi connectivity index (χ4v) is 4.50. The Morgan fingerprint density at radius 3 is 2.49 bits per heavy atom. The van der Waals surface area contributed by atoms with Crippen molar-refractivity contribution in [2.45, 2.75) is 12.6 Å². The second-order valence-corrected chi connectivity index (χ2v) is 8.91. The van der Waals surface area contributed by atoms with Gasteiger partial charge in [-0.15, -0.1) is 0 Å². The number of non-ortho nitro benzene ring substituents is 1. The topological polar surface area (TPSA) is 122 Å². The van der Waals surface area contributed by atoms with Crippen LogP contribution in [0.5, 0.6) is 11.5 Å². The van der Waals surface area contributed by atoms with Crippen LogP contribution in [-0.2, 0) is 16.1 Å². The third kappa shape index (κ3) is 4.33. The van der Waals surface area contributed by atoms with E-state index in [0.29, 0.717) is 22.6 Å². The molecule has 1 fully saturated rings. The Hall–Kier alpha value is -4.86. The van der Waals surface area contributed by atoms with Gasteiger partial charge < -0.3 is 24.4 Å². The molecule has 1 saturated heterocycles. The van der Waals surface area contributed by atoms with Crippen LogP contribution >= 0.6 is 0 Å². The quantitative estimate of drug-likeness (QED) is 0.177. The van der Waals surface area contributed by atoms with Crippen molar-refractivity contribution in [2.75, 3.05) is 25.8 Å². The van der Waals surface area contributed by atoms with Gasteiger partial charge in [-0.2, -0.15) is 0 Å². The van der Waals surface area contributed by atoms with Gasteiger partial charge in [-0.1, -0.05) is 30.3 Å². The lowest BCUT2D eigenvalue weighted by Crippen LogP contribution is -2.29. The normalized spacial score (nSPS) is 17.8. The fraction of sp³-hybridized carbons (Fsp3) is 0.185. The van der Waals surface area contributed by atoms with Crippen molar-refractivity contribution in [3.05, 3.63) is 99.1 Å². The van der Waals surface area contributed by atoms with Gasteiger partial charge in [-0.3, -0.25) is 19.7 Å². The molecule has 5 rings (SSSR count). The second-order valence-electron chi connectivity index (χ2n) is 8.91.